The van der Waals surface area contributed by atoms with Gasteiger partial charge in [-0.2, -0.15) is 0 Å². The molecule has 0 unspecified atom stereocenters. The Balaban J connectivity index is 1.73. The van der Waals surface area contributed by atoms with E-state index in [1.807, 2.05) is 6.07 Å². The number of halogens is 2. The van der Waals surface area contributed by atoms with Crippen molar-refractivity contribution < 1.29 is 9.90 Å². The predicted octanol–water partition coefficient (Wildman–Crippen LogP) is 3.62. The van der Waals surface area contributed by atoms with Gasteiger partial charge in [-0.3, -0.25) is 9.78 Å². The maximum absolute atomic E-state index is 12.5. The molecule has 0 spiro atoms. The summed E-state index contributed by atoms with van der Waals surface area (Å²) in [5, 5.41) is 14.0. The van der Waals surface area contributed by atoms with Gasteiger partial charge in [0.15, 0.2) is 0 Å². The molecule has 2 atom stereocenters. The number of carbonyl (C=O) groups excluding carboxylic acids is 1. The molecule has 0 aliphatic heterocycles. The minimum Gasteiger partial charge on any atom is -0.387 e. The van der Waals surface area contributed by atoms with Crippen molar-refractivity contribution >= 4 is 29.1 Å². The average molecular weight is 351 g/mol. The second-order valence-corrected chi connectivity index (χ2v) is 6.42. The fourth-order valence-corrected chi connectivity index (χ4v) is 3.34. The van der Waals surface area contributed by atoms with E-state index >= 15 is 0 Å². The second-order valence-electron chi connectivity index (χ2n) is 5.58. The average Bonchev–Trinajstić information content (AvgIpc) is 2.54. The zero-order valence-corrected chi connectivity index (χ0v) is 13.8. The highest BCUT2D eigenvalue weighted by Gasteiger charge is 2.31. The van der Waals surface area contributed by atoms with Crippen molar-refractivity contribution in [2.45, 2.75) is 31.4 Å². The van der Waals surface area contributed by atoms with Crippen molar-refractivity contribution in [1.82, 2.24) is 10.3 Å². The number of pyridine rings is 1. The third-order valence-corrected chi connectivity index (χ3v) is 4.66. The normalized spacial score (nSPS) is 20.0. The molecule has 0 saturated heterocycles. The van der Waals surface area contributed by atoms with Crippen LogP contribution < -0.4 is 5.32 Å². The summed E-state index contributed by atoms with van der Waals surface area (Å²) in [4.78, 5) is 16.7. The first-order valence-electron chi connectivity index (χ1n) is 7.41. The number of aliphatic hydroxyl groups is 1. The summed E-state index contributed by atoms with van der Waals surface area (Å²) in [6.07, 6.45) is 2.17. The van der Waals surface area contributed by atoms with E-state index in [0.29, 0.717) is 35.1 Å². The second kappa shape index (κ2) is 6.87. The van der Waals surface area contributed by atoms with Gasteiger partial charge in [0.1, 0.15) is 0 Å². The smallest absolute Gasteiger partial charge is 0.227 e. The van der Waals surface area contributed by atoms with Crippen molar-refractivity contribution in [3.63, 3.8) is 0 Å². The molecule has 0 saturated carbocycles. The van der Waals surface area contributed by atoms with E-state index in [9.17, 15) is 9.90 Å². The van der Waals surface area contributed by atoms with Crippen LogP contribution in [0.25, 0.3) is 0 Å². The maximum atomic E-state index is 12.5. The molecule has 23 heavy (non-hydrogen) atoms. The fraction of sp³-hybridized carbons (Fsp3) is 0.294. The number of rotatable bonds is 3. The van der Waals surface area contributed by atoms with E-state index in [0.717, 1.165) is 11.1 Å². The molecule has 1 aromatic carbocycles. The van der Waals surface area contributed by atoms with Crippen LogP contribution in [0, 0.1) is 0 Å². The van der Waals surface area contributed by atoms with Gasteiger partial charge in [-0.25, -0.2) is 0 Å². The molecule has 120 valence electrons. The molecule has 0 bridgehead atoms. The van der Waals surface area contributed by atoms with Crippen LogP contribution in [-0.2, 0) is 11.3 Å². The number of amides is 1. The zero-order chi connectivity index (χ0) is 16.4. The molecule has 1 amide bonds. The summed E-state index contributed by atoms with van der Waals surface area (Å²) in [7, 11) is 0. The Bertz CT molecular complexity index is 736. The number of hydrogen-bond donors (Lipinski definition) is 2. The first kappa shape index (κ1) is 16.2. The molecular formula is C17H16Cl2N2O2. The first-order chi connectivity index (χ1) is 11.1. The Labute approximate surface area is 144 Å². The first-order valence-corrected chi connectivity index (χ1v) is 8.16. The molecule has 4 nitrogen and oxygen atoms in total. The van der Waals surface area contributed by atoms with Crippen LogP contribution in [0.2, 0.25) is 10.0 Å². The SMILES string of the molecule is O=C(NCc1ccc(Cl)cc1Cl)[C@H]1CC[C@H](O)c2ncccc21. The lowest BCUT2D eigenvalue weighted by atomic mass is 9.83. The monoisotopic (exact) mass is 350 g/mol. The number of fused-ring (bicyclic) bond motifs is 1. The molecule has 1 heterocycles. The van der Waals surface area contributed by atoms with Crippen LogP contribution in [0.3, 0.4) is 0 Å². The van der Waals surface area contributed by atoms with Crippen LogP contribution >= 0.6 is 23.2 Å². The number of hydrogen-bond acceptors (Lipinski definition) is 3. The van der Waals surface area contributed by atoms with Crippen LogP contribution in [0.15, 0.2) is 36.5 Å². The van der Waals surface area contributed by atoms with E-state index in [1.165, 1.54) is 0 Å². The lowest BCUT2D eigenvalue weighted by Gasteiger charge is -2.27. The highest BCUT2D eigenvalue weighted by Crippen LogP contribution is 2.36. The standard InChI is InChI=1S/C17H16Cl2N2O2/c18-11-4-3-10(14(19)8-11)9-21-17(23)13-5-6-15(22)16-12(13)2-1-7-20-16/h1-4,7-8,13,15,22H,5-6,9H2,(H,21,23)/t13-,15-/m0/s1. The lowest BCUT2D eigenvalue weighted by molar-refractivity contribution is -0.123. The molecule has 2 N–H and O–H groups in total. The van der Waals surface area contributed by atoms with E-state index in [4.69, 9.17) is 23.2 Å². The van der Waals surface area contributed by atoms with Gasteiger partial charge in [0, 0.05) is 22.8 Å². The third kappa shape index (κ3) is 3.50. The number of aromatic nitrogens is 1. The van der Waals surface area contributed by atoms with Gasteiger partial charge in [-0.1, -0.05) is 35.3 Å². The van der Waals surface area contributed by atoms with E-state index < -0.39 is 6.10 Å². The third-order valence-electron chi connectivity index (χ3n) is 4.08. The van der Waals surface area contributed by atoms with Gasteiger partial charge in [-0.15, -0.1) is 0 Å². The van der Waals surface area contributed by atoms with Gasteiger partial charge in [0.2, 0.25) is 5.91 Å². The number of nitrogens with one attached hydrogen (secondary N) is 1. The van der Waals surface area contributed by atoms with Crippen LogP contribution in [0.1, 0.15) is 41.7 Å². The maximum Gasteiger partial charge on any atom is 0.227 e. The largest absolute Gasteiger partial charge is 0.387 e. The quantitative estimate of drug-likeness (QED) is 0.888. The molecule has 0 fully saturated rings. The van der Waals surface area contributed by atoms with Crippen molar-refractivity contribution in [3.05, 3.63) is 63.4 Å². The molecule has 1 aromatic heterocycles. The van der Waals surface area contributed by atoms with E-state index in [1.54, 1.807) is 30.5 Å². The van der Waals surface area contributed by atoms with Gasteiger partial charge in [-0.05, 0) is 42.2 Å². The molecule has 1 aliphatic carbocycles. The predicted molar refractivity (Wildman–Crippen MR) is 89.5 cm³/mol. The summed E-state index contributed by atoms with van der Waals surface area (Å²) in [5.74, 6) is -0.384. The number of carbonyl (C=O) groups is 1. The number of benzene rings is 1. The van der Waals surface area contributed by atoms with E-state index in [2.05, 4.69) is 10.3 Å². The van der Waals surface area contributed by atoms with E-state index in [-0.39, 0.29) is 11.8 Å². The van der Waals surface area contributed by atoms with Gasteiger partial charge >= 0.3 is 0 Å². The van der Waals surface area contributed by atoms with Crippen molar-refractivity contribution in [1.29, 1.82) is 0 Å². The Morgan fingerprint density at radius 1 is 1.30 bits per heavy atom. The lowest BCUT2D eigenvalue weighted by Crippen LogP contribution is -2.32. The van der Waals surface area contributed by atoms with Crippen LogP contribution in [0.4, 0.5) is 0 Å². The Kier molecular flexibility index (Phi) is 4.85. The summed E-state index contributed by atoms with van der Waals surface area (Å²) in [5.41, 5.74) is 2.21. The van der Waals surface area contributed by atoms with Crippen LogP contribution in [0.5, 0.6) is 0 Å². The zero-order valence-electron chi connectivity index (χ0n) is 12.3. The molecule has 3 rings (SSSR count). The Morgan fingerprint density at radius 2 is 2.13 bits per heavy atom. The van der Waals surface area contributed by atoms with Gasteiger partial charge < -0.3 is 10.4 Å². The number of aliphatic hydroxyl groups excluding tert-OH is 1. The molecule has 2 aromatic rings. The fourth-order valence-electron chi connectivity index (χ4n) is 2.86. The molecule has 1 aliphatic rings. The highest BCUT2D eigenvalue weighted by atomic mass is 35.5. The molecule has 0 radical (unpaired) electrons. The minimum absolute atomic E-state index is 0.0860. The highest BCUT2D eigenvalue weighted by molar-refractivity contribution is 6.35. The van der Waals surface area contributed by atoms with Crippen molar-refractivity contribution in [2.75, 3.05) is 0 Å². The Morgan fingerprint density at radius 3 is 2.91 bits per heavy atom. The topological polar surface area (TPSA) is 62.2 Å². The molecular weight excluding hydrogens is 335 g/mol. The number of nitrogens with zero attached hydrogens (tertiary/aromatic N) is 1. The van der Waals surface area contributed by atoms with Gasteiger partial charge in [0.05, 0.1) is 17.7 Å². The summed E-state index contributed by atoms with van der Waals surface area (Å²) < 4.78 is 0. The Hall–Kier alpha value is -1.62. The molecule has 6 heteroatoms. The van der Waals surface area contributed by atoms with Gasteiger partial charge in [0.25, 0.3) is 0 Å². The minimum atomic E-state index is -0.596. The van der Waals surface area contributed by atoms with Crippen molar-refractivity contribution in [3.8, 4) is 0 Å². The van der Waals surface area contributed by atoms with Crippen LogP contribution in [-0.4, -0.2) is 16.0 Å². The summed E-state index contributed by atoms with van der Waals surface area (Å²) in [6, 6.07) is 8.83. The summed E-state index contributed by atoms with van der Waals surface area (Å²) in [6.45, 7) is 0.337. The van der Waals surface area contributed by atoms with Crippen molar-refractivity contribution in [2.24, 2.45) is 0 Å². The summed E-state index contributed by atoms with van der Waals surface area (Å²) >= 11 is 12.0.